The van der Waals surface area contributed by atoms with Crippen molar-refractivity contribution in [3.8, 4) is 11.5 Å². The Balaban J connectivity index is 2.51. The first-order valence-corrected chi connectivity index (χ1v) is 4.37. The van der Waals surface area contributed by atoms with E-state index in [1.165, 1.54) is 0 Å². The molecule has 1 aromatic rings. The molecular formula is C10H13NO2. The molecule has 0 saturated carbocycles. The molecule has 3 nitrogen and oxygen atoms in total. The topological polar surface area (TPSA) is 55.5 Å². The van der Waals surface area contributed by atoms with Gasteiger partial charge in [-0.05, 0) is 36.1 Å². The van der Waals surface area contributed by atoms with Crippen LogP contribution >= 0.6 is 0 Å². The Morgan fingerprint density at radius 1 is 1.54 bits per heavy atom. The van der Waals surface area contributed by atoms with Gasteiger partial charge >= 0.3 is 0 Å². The molecule has 13 heavy (non-hydrogen) atoms. The van der Waals surface area contributed by atoms with Crippen LogP contribution in [0.2, 0.25) is 0 Å². The summed E-state index contributed by atoms with van der Waals surface area (Å²) in [5.41, 5.74) is 8.13. The number of phenols is 1. The van der Waals surface area contributed by atoms with Gasteiger partial charge in [-0.1, -0.05) is 0 Å². The lowest BCUT2D eigenvalue weighted by Gasteiger charge is -2.08. The molecule has 0 heterocycles. The summed E-state index contributed by atoms with van der Waals surface area (Å²) in [5, 5.41) is 9.50. The fourth-order valence-electron chi connectivity index (χ4n) is 1.82. The minimum absolute atomic E-state index is 0.101. The number of aryl methyl sites for hydroxylation is 1. The predicted octanol–water partition coefficient (Wildman–Crippen LogP) is 1.35. The number of methoxy groups -OCH3 is 1. The lowest BCUT2D eigenvalue weighted by Crippen LogP contribution is -2.05. The Hall–Kier alpha value is -1.22. The third-order valence-corrected chi connectivity index (χ3v) is 2.56. The Morgan fingerprint density at radius 2 is 2.31 bits per heavy atom. The van der Waals surface area contributed by atoms with Crippen molar-refractivity contribution >= 4 is 0 Å². The summed E-state index contributed by atoms with van der Waals surface area (Å²) in [6, 6.07) is 3.69. The van der Waals surface area contributed by atoms with Crippen molar-refractivity contribution in [1.82, 2.24) is 0 Å². The quantitative estimate of drug-likeness (QED) is 0.684. The summed E-state index contributed by atoms with van der Waals surface area (Å²) in [4.78, 5) is 0. The molecule has 0 bridgehead atoms. The molecule has 0 saturated heterocycles. The standard InChI is InChI=1S/C10H13NO2/c1-13-10-5-7-6(4-9(10)12)2-3-8(7)11/h4-5,8,12H,2-3,11H2,1H3/t8-/m1/s1. The number of rotatable bonds is 1. The molecule has 0 aliphatic heterocycles. The zero-order valence-electron chi connectivity index (χ0n) is 7.58. The molecule has 1 atom stereocenters. The van der Waals surface area contributed by atoms with E-state index in [1.807, 2.05) is 6.07 Å². The van der Waals surface area contributed by atoms with E-state index in [0.29, 0.717) is 5.75 Å². The van der Waals surface area contributed by atoms with E-state index in [1.54, 1.807) is 13.2 Å². The van der Waals surface area contributed by atoms with Crippen molar-refractivity contribution in [3.05, 3.63) is 23.3 Å². The van der Waals surface area contributed by atoms with Gasteiger partial charge in [0.25, 0.3) is 0 Å². The zero-order valence-corrected chi connectivity index (χ0v) is 7.58. The zero-order chi connectivity index (χ0) is 9.42. The van der Waals surface area contributed by atoms with E-state index in [9.17, 15) is 5.11 Å². The molecule has 0 radical (unpaired) electrons. The van der Waals surface area contributed by atoms with Crippen LogP contribution in [0.3, 0.4) is 0 Å². The van der Waals surface area contributed by atoms with Crippen LogP contribution in [0.25, 0.3) is 0 Å². The smallest absolute Gasteiger partial charge is 0.160 e. The van der Waals surface area contributed by atoms with Gasteiger partial charge < -0.3 is 15.6 Å². The second-order valence-corrected chi connectivity index (χ2v) is 3.37. The average molecular weight is 179 g/mol. The number of ether oxygens (including phenoxy) is 1. The summed E-state index contributed by atoms with van der Waals surface area (Å²) >= 11 is 0. The van der Waals surface area contributed by atoms with Gasteiger partial charge in [-0.3, -0.25) is 0 Å². The third-order valence-electron chi connectivity index (χ3n) is 2.56. The first kappa shape index (κ1) is 8.38. The number of aromatic hydroxyl groups is 1. The summed E-state index contributed by atoms with van der Waals surface area (Å²) in [5.74, 6) is 0.714. The fraction of sp³-hybridized carbons (Fsp3) is 0.400. The Labute approximate surface area is 77.1 Å². The Bertz CT molecular complexity index is 336. The van der Waals surface area contributed by atoms with E-state index in [2.05, 4.69) is 0 Å². The van der Waals surface area contributed by atoms with E-state index in [-0.39, 0.29) is 11.8 Å². The monoisotopic (exact) mass is 179 g/mol. The first-order valence-electron chi connectivity index (χ1n) is 4.37. The number of fused-ring (bicyclic) bond motifs is 1. The molecule has 1 aromatic carbocycles. The van der Waals surface area contributed by atoms with Crippen LogP contribution in [0.5, 0.6) is 11.5 Å². The molecular weight excluding hydrogens is 166 g/mol. The van der Waals surface area contributed by atoms with Gasteiger partial charge in [0.15, 0.2) is 11.5 Å². The number of phenolic OH excluding ortho intramolecular Hbond substituents is 1. The second-order valence-electron chi connectivity index (χ2n) is 3.37. The Morgan fingerprint density at radius 3 is 3.00 bits per heavy atom. The number of benzene rings is 1. The molecule has 70 valence electrons. The minimum Gasteiger partial charge on any atom is -0.504 e. The van der Waals surface area contributed by atoms with Gasteiger partial charge in [-0.25, -0.2) is 0 Å². The van der Waals surface area contributed by atoms with Crippen LogP contribution in [-0.4, -0.2) is 12.2 Å². The molecule has 1 aliphatic carbocycles. The van der Waals surface area contributed by atoms with Crippen LogP contribution in [0.1, 0.15) is 23.6 Å². The highest BCUT2D eigenvalue weighted by Gasteiger charge is 2.21. The number of hydrogen-bond donors (Lipinski definition) is 2. The van der Waals surface area contributed by atoms with Crippen LogP contribution in [0.15, 0.2) is 12.1 Å². The van der Waals surface area contributed by atoms with Crippen molar-refractivity contribution in [1.29, 1.82) is 0 Å². The van der Waals surface area contributed by atoms with E-state index in [0.717, 1.165) is 24.0 Å². The molecule has 2 rings (SSSR count). The minimum atomic E-state index is 0.101. The molecule has 0 amide bonds. The van der Waals surface area contributed by atoms with Gasteiger partial charge in [0.1, 0.15) is 0 Å². The van der Waals surface area contributed by atoms with Crippen LogP contribution < -0.4 is 10.5 Å². The van der Waals surface area contributed by atoms with Crippen molar-refractivity contribution in [3.63, 3.8) is 0 Å². The van der Waals surface area contributed by atoms with Gasteiger partial charge in [-0.15, -0.1) is 0 Å². The van der Waals surface area contributed by atoms with Gasteiger partial charge in [0.2, 0.25) is 0 Å². The summed E-state index contributed by atoms with van der Waals surface area (Å²) < 4.78 is 5.01. The first-order chi connectivity index (χ1) is 6.22. The maximum Gasteiger partial charge on any atom is 0.160 e. The molecule has 0 unspecified atom stereocenters. The molecule has 0 aromatic heterocycles. The maximum atomic E-state index is 9.50. The third kappa shape index (κ3) is 1.25. The maximum absolute atomic E-state index is 9.50. The SMILES string of the molecule is COc1cc2c(cc1O)CC[C@H]2N. The second kappa shape index (κ2) is 2.92. The normalized spacial score (nSPS) is 20.0. The molecule has 3 N–H and O–H groups in total. The lowest BCUT2D eigenvalue weighted by molar-refractivity contribution is 0.372. The highest BCUT2D eigenvalue weighted by molar-refractivity contribution is 5.49. The Kier molecular flexibility index (Phi) is 1.88. The van der Waals surface area contributed by atoms with Gasteiger partial charge in [-0.2, -0.15) is 0 Å². The summed E-state index contributed by atoms with van der Waals surface area (Å²) in [6.07, 6.45) is 1.91. The fourth-order valence-corrected chi connectivity index (χ4v) is 1.82. The van der Waals surface area contributed by atoms with E-state index in [4.69, 9.17) is 10.5 Å². The number of nitrogens with two attached hydrogens (primary N) is 1. The summed E-state index contributed by atoms with van der Waals surface area (Å²) in [7, 11) is 1.54. The van der Waals surface area contributed by atoms with Gasteiger partial charge in [0, 0.05) is 6.04 Å². The number of hydrogen-bond acceptors (Lipinski definition) is 3. The predicted molar refractivity (Wildman–Crippen MR) is 49.9 cm³/mol. The lowest BCUT2D eigenvalue weighted by atomic mass is 10.1. The largest absolute Gasteiger partial charge is 0.504 e. The van der Waals surface area contributed by atoms with E-state index >= 15 is 0 Å². The molecule has 0 fully saturated rings. The summed E-state index contributed by atoms with van der Waals surface area (Å²) in [6.45, 7) is 0. The van der Waals surface area contributed by atoms with Crippen molar-refractivity contribution < 1.29 is 9.84 Å². The van der Waals surface area contributed by atoms with Crippen LogP contribution in [0, 0.1) is 0 Å². The molecule has 3 heteroatoms. The van der Waals surface area contributed by atoms with Crippen molar-refractivity contribution in [2.45, 2.75) is 18.9 Å². The molecule has 0 spiro atoms. The highest BCUT2D eigenvalue weighted by Crippen LogP contribution is 2.37. The van der Waals surface area contributed by atoms with Crippen molar-refractivity contribution in [2.24, 2.45) is 5.73 Å². The van der Waals surface area contributed by atoms with Crippen LogP contribution in [0.4, 0.5) is 0 Å². The van der Waals surface area contributed by atoms with Crippen molar-refractivity contribution in [2.75, 3.05) is 7.11 Å². The molecule has 1 aliphatic rings. The van der Waals surface area contributed by atoms with Gasteiger partial charge in [0.05, 0.1) is 7.11 Å². The van der Waals surface area contributed by atoms with Crippen LogP contribution in [-0.2, 0) is 6.42 Å². The van der Waals surface area contributed by atoms with E-state index < -0.39 is 0 Å². The average Bonchev–Trinajstić information content (AvgIpc) is 2.46. The highest BCUT2D eigenvalue weighted by atomic mass is 16.5.